The van der Waals surface area contributed by atoms with E-state index in [0.717, 1.165) is 31.2 Å². The van der Waals surface area contributed by atoms with E-state index in [1.54, 1.807) is 16.4 Å². The Balaban J connectivity index is 2.27. The molecule has 106 valence electrons. The van der Waals surface area contributed by atoms with Gasteiger partial charge in [0.25, 0.3) is 0 Å². The van der Waals surface area contributed by atoms with Crippen LogP contribution in [0.1, 0.15) is 44.6 Å². The van der Waals surface area contributed by atoms with Crippen molar-refractivity contribution in [2.24, 2.45) is 0 Å². The Morgan fingerprint density at radius 3 is 2.21 bits per heavy atom. The molecule has 0 amide bonds. The first-order chi connectivity index (χ1) is 9.05. The number of rotatable bonds is 4. The summed E-state index contributed by atoms with van der Waals surface area (Å²) in [6.45, 7) is 4.45. The molecular weight excluding hydrogens is 258 g/mol. The highest BCUT2D eigenvalue weighted by molar-refractivity contribution is 7.89. The number of aryl methyl sites for hydroxylation is 1. The van der Waals surface area contributed by atoms with Crippen molar-refractivity contribution in [2.75, 3.05) is 6.54 Å². The molecule has 1 aromatic carbocycles. The molecule has 0 bridgehead atoms. The molecule has 1 fully saturated rings. The van der Waals surface area contributed by atoms with Crippen LogP contribution >= 0.6 is 0 Å². The zero-order chi connectivity index (χ0) is 13.9. The third kappa shape index (κ3) is 3.18. The van der Waals surface area contributed by atoms with Gasteiger partial charge in [0.2, 0.25) is 10.0 Å². The number of hydrogen-bond donors (Lipinski definition) is 0. The molecule has 0 saturated heterocycles. The van der Waals surface area contributed by atoms with E-state index in [4.69, 9.17) is 0 Å². The lowest BCUT2D eigenvalue weighted by Crippen LogP contribution is -2.41. The summed E-state index contributed by atoms with van der Waals surface area (Å²) in [6.07, 6.45) is 5.52. The average molecular weight is 281 g/mol. The molecule has 2 rings (SSSR count). The fourth-order valence-corrected chi connectivity index (χ4v) is 4.53. The molecule has 1 saturated carbocycles. The summed E-state index contributed by atoms with van der Waals surface area (Å²) < 4.78 is 27.1. The molecule has 1 aliphatic rings. The summed E-state index contributed by atoms with van der Waals surface area (Å²) in [6, 6.07) is 7.35. The fraction of sp³-hybridized carbons (Fsp3) is 0.600. The second-order valence-electron chi connectivity index (χ2n) is 5.31. The second-order valence-corrected chi connectivity index (χ2v) is 7.20. The largest absolute Gasteiger partial charge is 0.243 e. The van der Waals surface area contributed by atoms with E-state index in [1.807, 2.05) is 26.0 Å². The van der Waals surface area contributed by atoms with Crippen LogP contribution in [0.25, 0.3) is 0 Å². The van der Waals surface area contributed by atoms with E-state index in [9.17, 15) is 8.42 Å². The maximum atomic E-state index is 12.7. The van der Waals surface area contributed by atoms with Crippen molar-refractivity contribution >= 4 is 10.0 Å². The molecule has 0 spiro atoms. The molecule has 0 unspecified atom stereocenters. The molecular formula is C15H23NO2S. The lowest BCUT2D eigenvalue weighted by atomic mass is 9.95. The highest BCUT2D eigenvalue weighted by Crippen LogP contribution is 2.27. The van der Waals surface area contributed by atoms with E-state index in [-0.39, 0.29) is 6.04 Å². The van der Waals surface area contributed by atoms with Crippen LogP contribution in [0, 0.1) is 6.92 Å². The lowest BCUT2D eigenvalue weighted by molar-refractivity contribution is 0.261. The molecule has 0 aliphatic heterocycles. The standard InChI is InChI=1S/C15H23NO2S/c1-3-16(14-7-5-4-6-8-14)19(17,18)15-11-9-13(2)10-12-15/h9-12,14H,3-8H2,1-2H3. The minimum absolute atomic E-state index is 0.185. The number of nitrogens with zero attached hydrogens (tertiary/aromatic N) is 1. The Morgan fingerprint density at radius 2 is 1.68 bits per heavy atom. The Labute approximate surface area is 116 Å². The van der Waals surface area contributed by atoms with Gasteiger partial charge in [0.15, 0.2) is 0 Å². The van der Waals surface area contributed by atoms with Crippen molar-refractivity contribution in [2.45, 2.75) is 56.9 Å². The zero-order valence-electron chi connectivity index (χ0n) is 11.8. The van der Waals surface area contributed by atoms with Gasteiger partial charge in [-0.15, -0.1) is 0 Å². The monoisotopic (exact) mass is 281 g/mol. The SMILES string of the molecule is CCN(C1CCCCC1)S(=O)(=O)c1ccc(C)cc1. The molecule has 0 atom stereocenters. The van der Waals surface area contributed by atoms with Crippen LogP contribution in [-0.2, 0) is 10.0 Å². The summed E-state index contributed by atoms with van der Waals surface area (Å²) in [5.74, 6) is 0. The highest BCUT2D eigenvalue weighted by atomic mass is 32.2. The van der Waals surface area contributed by atoms with E-state index in [2.05, 4.69) is 0 Å². The van der Waals surface area contributed by atoms with Gasteiger partial charge < -0.3 is 0 Å². The summed E-state index contributed by atoms with van der Waals surface area (Å²) in [4.78, 5) is 0.422. The molecule has 0 radical (unpaired) electrons. The van der Waals surface area contributed by atoms with Crippen molar-refractivity contribution in [3.63, 3.8) is 0 Å². The third-order valence-corrected chi connectivity index (χ3v) is 5.96. The molecule has 0 N–H and O–H groups in total. The van der Waals surface area contributed by atoms with Crippen molar-refractivity contribution in [1.29, 1.82) is 0 Å². The van der Waals surface area contributed by atoms with Crippen LogP contribution in [0.3, 0.4) is 0 Å². The predicted octanol–water partition coefficient (Wildman–Crippen LogP) is 3.34. The molecule has 19 heavy (non-hydrogen) atoms. The van der Waals surface area contributed by atoms with E-state index < -0.39 is 10.0 Å². The van der Waals surface area contributed by atoms with E-state index in [1.165, 1.54) is 6.42 Å². The van der Waals surface area contributed by atoms with Crippen LogP contribution in [0.2, 0.25) is 0 Å². The fourth-order valence-electron chi connectivity index (χ4n) is 2.84. The average Bonchev–Trinajstić information content (AvgIpc) is 2.41. The Kier molecular flexibility index (Phi) is 4.63. The minimum atomic E-state index is -3.33. The van der Waals surface area contributed by atoms with Crippen molar-refractivity contribution in [3.05, 3.63) is 29.8 Å². The van der Waals surface area contributed by atoms with Crippen molar-refractivity contribution in [3.8, 4) is 0 Å². The van der Waals surface area contributed by atoms with Crippen LogP contribution in [0.5, 0.6) is 0 Å². The Hall–Kier alpha value is -0.870. The predicted molar refractivity (Wildman–Crippen MR) is 77.6 cm³/mol. The zero-order valence-corrected chi connectivity index (χ0v) is 12.6. The van der Waals surface area contributed by atoms with E-state index >= 15 is 0 Å². The highest BCUT2D eigenvalue weighted by Gasteiger charge is 2.30. The molecule has 1 aliphatic carbocycles. The van der Waals surface area contributed by atoms with Gasteiger partial charge in [0, 0.05) is 12.6 Å². The molecule has 0 heterocycles. The lowest BCUT2D eigenvalue weighted by Gasteiger charge is -2.32. The van der Waals surface area contributed by atoms with Gasteiger partial charge in [-0.1, -0.05) is 43.9 Å². The number of hydrogen-bond acceptors (Lipinski definition) is 2. The van der Waals surface area contributed by atoms with Crippen LogP contribution in [0.15, 0.2) is 29.2 Å². The van der Waals surface area contributed by atoms with Gasteiger partial charge in [-0.3, -0.25) is 0 Å². The molecule has 3 nitrogen and oxygen atoms in total. The van der Waals surface area contributed by atoms with Gasteiger partial charge in [0.05, 0.1) is 4.90 Å². The molecule has 4 heteroatoms. The molecule has 1 aromatic rings. The maximum absolute atomic E-state index is 12.7. The summed E-state index contributed by atoms with van der Waals surface area (Å²) >= 11 is 0. The first kappa shape index (κ1) is 14.5. The third-order valence-electron chi connectivity index (χ3n) is 3.92. The van der Waals surface area contributed by atoms with E-state index in [0.29, 0.717) is 11.4 Å². The van der Waals surface area contributed by atoms with Crippen LogP contribution in [0.4, 0.5) is 0 Å². The van der Waals surface area contributed by atoms with Gasteiger partial charge >= 0.3 is 0 Å². The second kappa shape index (κ2) is 6.06. The van der Waals surface area contributed by atoms with Crippen LogP contribution < -0.4 is 0 Å². The number of benzene rings is 1. The normalized spacial score (nSPS) is 17.8. The quantitative estimate of drug-likeness (QED) is 0.849. The summed E-state index contributed by atoms with van der Waals surface area (Å²) in [5.41, 5.74) is 1.08. The van der Waals surface area contributed by atoms with Gasteiger partial charge in [-0.25, -0.2) is 8.42 Å². The topological polar surface area (TPSA) is 37.4 Å². The first-order valence-electron chi connectivity index (χ1n) is 7.14. The summed E-state index contributed by atoms with van der Waals surface area (Å²) in [5, 5.41) is 0. The van der Waals surface area contributed by atoms with Crippen molar-refractivity contribution < 1.29 is 8.42 Å². The van der Waals surface area contributed by atoms with Gasteiger partial charge in [0.1, 0.15) is 0 Å². The summed E-state index contributed by atoms with van der Waals surface area (Å²) in [7, 11) is -3.33. The number of sulfonamides is 1. The van der Waals surface area contributed by atoms with Gasteiger partial charge in [-0.05, 0) is 31.9 Å². The smallest absolute Gasteiger partial charge is 0.207 e. The minimum Gasteiger partial charge on any atom is -0.207 e. The molecule has 0 aromatic heterocycles. The Bertz CT molecular complexity index is 501. The van der Waals surface area contributed by atoms with Crippen molar-refractivity contribution in [1.82, 2.24) is 4.31 Å². The van der Waals surface area contributed by atoms with Crippen LogP contribution in [-0.4, -0.2) is 25.3 Å². The maximum Gasteiger partial charge on any atom is 0.243 e. The first-order valence-corrected chi connectivity index (χ1v) is 8.58. The Morgan fingerprint density at radius 1 is 1.11 bits per heavy atom. The van der Waals surface area contributed by atoms with Gasteiger partial charge in [-0.2, -0.15) is 4.31 Å².